The van der Waals surface area contributed by atoms with Crippen LogP contribution in [0.2, 0.25) is 5.02 Å². The van der Waals surface area contributed by atoms with E-state index in [0.717, 1.165) is 10.6 Å². The summed E-state index contributed by atoms with van der Waals surface area (Å²) in [5, 5.41) is 20.5. The fourth-order valence-corrected chi connectivity index (χ4v) is 1.85. The van der Waals surface area contributed by atoms with Gasteiger partial charge in [-0.2, -0.15) is 0 Å². The van der Waals surface area contributed by atoms with Gasteiger partial charge in [0.05, 0.1) is 11.5 Å². The van der Waals surface area contributed by atoms with Crippen LogP contribution in [-0.2, 0) is 6.54 Å². The number of nitro groups is 1. The summed E-state index contributed by atoms with van der Waals surface area (Å²) in [6.45, 7) is 0.0969. The molecule has 1 heterocycles. The van der Waals surface area contributed by atoms with Crippen LogP contribution in [0.1, 0.15) is 5.56 Å². The first-order chi connectivity index (χ1) is 9.00. The second kappa shape index (κ2) is 5.11. The quantitative estimate of drug-likeness (QED) is 0.689. The molecule has 0 saturated heterocycles. The van der Waals surface area contributed by atoms with E-state index in [1.807, 2.05) is 0 Å². The van der Waals surface area contributed by atoms with E-state index < -0.39 is 21.9 Å². The van der Waals surface area contributed by atoms with Gasteiger partial charge in [0, 0.05) is 17.3 Å². The Kier molecular flexibility index (Phi) is 3.52. The molecule has 0 spiro atoms. The van der Waals surface area contributed by atoms with E-state index in [1.54, 1.807) is 24.3 Å². The fourth-order valence-electron chi connectivity index (χ4n) is 1.66. The van der Waals surface area contributed by atoms with Crippen molar-refractivity contribution >= 4 is 17.3 Å². The Morgan fingerprint density at radius 1 is 1.32 bits per heavy atom. The standard InChI is InChI=1S/C12H9ClN2O4/c13-9-4-2-1-3-8(9)7-14-6-5-10(16)11(12(14)17)15(18)19/h1-6,16H,7H2. The molecule has 0 saturated carbocycles. The second-order valence-electron chi connectivity index (χ2n) is 3.83. The molecule has 0 atom stereocenters. The van der Waals surface area contributed by atoms with Crippen molar-refractivity contribution in [3.63, 3.8) is 0 Å². The first-order valence-electron chi connectivity index (χ1n) is 5.31. The number of hydrogen-bond acceptors (Lipinski definition) is 4. The van der Waals surface area contributed by atoms with Crippen molar-refractivity contribution in [3.05, 3.63) is 67.6 Å². The lowest BCUT2D eigenvalue weighted by Gasteiger charge is -2.07. The minimum atomic E-state index is -0.902. The van der Waals surface area contributed by atoms with Gasteiger partial charge in [-0.3, -0.25) is 14.9 Å². The third-order valence-corrected chi connectivity index (χ3v) is 2.97. The van der Waals surface area contributed by atoms with Crippen molar-refractivity contribution in [2.45, 2.75) is 6.54 Å². The summed E-state index contributed by atoms with van der Waals surface area (Å²) in [7, 11) is 0. The first kappa shape index (κ1) is 13.1. The summed E-state index contributed by atoms with van der Waals surface area (Å²) in [6.07, 6.45) is 1.29. The Morgan fingerprint density at radius 2 is 2.00 bits per heavy atom. The molecule has 1 N–H and O–H groups in total. The molecule has 0 aliphatic rings. The van der Waals surface area contributed by atoms with Crippen LogP contribution in [0.15, 0.2) is 41.3 Å². The minimum Gasteiger partial charge on any atom is -0.502 e. The summed E-state index contributed by atoms with van der Waals surface area (Å²) in [4.78, 5) is 21.7. The van der Waals surface area contributed by atoms with Crippen LogP contribution in [0.3, 0.4) is 0 Å². The molecular weight excluding hydrogens is 272 g/mol. The number of halogens is 1. The van der Waals surface area contributed by atoms with E-state index in [4.69, 9.17) is 11.6 Å². The van der Waals surface area contributed by atoms with Crippen LogP contribution in [0.5, 0.6) is 5.75 Å². The molecule has 0 unspecified atom stereocenters. The third kappa shape index (κ3) is 2.58. The zero-order valence-electron chi connectivity index (χ0n) is 9.62. The maximum Gasteiger partial charge on any atom is 0.375 e. The van der Waals surface area contributed by atoms with Gasteiger partial charge >= 0.3 is 11.2 Å². The molecule has 2 aromatic rings. The highest BCUT2D eigenvalue weighted by molar-refractivity contribution is 6.31. The van der Waals surface area contributed by atoms with Crippen LogP contribution in [0, 0.1) is 10.1 Å². The fraction of sp³-hybridized carbons (Fsp3) is 0.0833. The monoisotopic (exact) mass is 280 g/mol. The molecule has 0 bridgehead atoms. The highest BCUT2D eigenvalue weighted by atomic mass is 35.5. The van der Waals surface area contributed by atoms with Crippen molar-refractivity contribution in [2.75, 3.05) is 0 Å². The molecule has 0 aliphatic carbocycles. The molecule has 0 radical (unpaired) electrons. The molecule has 7 heteroatoms. The van der Waals surface area contributed by atoms with Gasteiger partial charge in [0.1, 0.15) is 0 Å². The van der Waals surface area contributed by atoms with Gasteiger partial charge < -0.3 is 9.67 Å². The molecular formula is C12H9ClN2O4. The molecule has 0 fully saturated rings. The molecule has 2 rings (SSSR count). The molecule has 19 heavy (non-hydrogen) atoms. The maximum absolute atomic E-state index is 11.9. The summed E-state index contributed by atoms with van der Waals surface area (Å²) >= 11 is 5.96. The summed E-state index contributed by atoms with van der Waals surface area (Å²) < 4.78 is 1.12. The van der Waals surface area contributed by atoms with E-state index in [9.17, 15) is 20.0 Å². The summed E-state index contributed by atoms with van der Waals surface area (Å²) in [5.74, 6) is -0.648. The third-order valence-electron chi connectivity index (χ3n) is 2.60. The van der Waals surface area contributed by atoms with Crippen molar-refractivity contribution in [2.24, 2.45) is 0 Å². The lowest BCUT2D eigenvalue weighted by Crippen LogP contribution is -2.22. The molecule has 98 valence electrons. The Balaban J connectivity index is 2.48. The van der Waals surface area contributed by atoms with Gasteiger partial charge in [-0.1, -0.05) is 29.8 Å². The number of nitrogens with zero attached hydrogens (tertiary/aromatic N) is 2. The smallest absolute Gasteiger partial charge is 0.375 e. The van der Waals surface area contributed by atoms with E-state index >= 15 is 0 Å². The predicted molar refractivity (Wildman–Crippen MR) is 69.6 cm³/mol. The van der Waals surface area contributed by atoms with Crippen LogP contribution in [0.4, 0.5) is 5.69 Å². The summed E-state index contributed by atoms with van der Waals surface area (Å²) in [5.41, 5.74) is -1.05. The van der Waals surface area contributed by atoms with E-state index in [-0.39, 0.29) is 6.54 Å². The lowest BCUT2D eigenvalue weighted by atomic mass is 10.2. The van der Waals surface area contributed by atoms with Gasteiger partial charge in [0.15, 0.2) is 0 Å². The van der Waals surface area contributed by atoms with Crippen molar-refractivity contribution in [1.82, 2.24) is 4.57 Å². The average Bonchev–Trinajstić information content (AvgIpc) is 2.35. The minimum absolute atomic E-state index is 0.0969. The number of pyridine rings is 1. The number of benzene rings is 1. The Labute approximate surface area is 112 Å². The molecule has 6 nitrogen and oxygen atoms in total. The van der Waals surface area contributed by atoms with Gasteiger partial charge in [-0.25, -0.2) is 0 Å². The Morgan fingerprint density at radius 3 is 2.63 bits per heavy atom. The zero-order valence-corrected chi connectivity index (χ0v) is 10.4. The normalized spacial score (nSPS) is 10.4. The Bertz CT molecular complexity index is 696. The van der Waals surface area contributed by atoms with E-state index in [0.29, 0.717) is 10.6 Å². The predicted octanol–water partition coefficient (Wildman–Crippen LogP) is 2.16. The number of aromatic nitrogens is 1. The van der Waals surface area contributed by atoms with E-state index in [1.165, 1.54) is 6.20 Å². The molecule has 0 aliphatic heterocycles. The SMILES string of the molecule is O=c1c([N+](=O)[O-])c(O)ccn1Cc1ccccc1Cl. The molecule has 1 aromatic carbocycles. The van der Waals surface area contributed by atoms with Crippen molar-refractivity contribution in [3.8, 4) is 5.75 Å². The van der Waals surface area contributed by atoms with Gasteiger partial charge in [-0.05, 0) is 11.6 Å². The summed E-state index contributed by atoms with van der Waals surface area (Å²) in [6, 6.07) is 7.98. The van der Waals surface area contributed by atoms with Crippen molar-refractivity contribution < 1.29 is 10.0 Å². The average molecular weight is 281 g/mol. The lowest BCUT2D eigenvalue weighted by molar-refractivity contribution is -0.387. The van der Waals surface area contributed by atoms with Crippen LogP contribution >= 0.6 is 11.6 Å². The number of hydrogen-bond donors (Lipinski definition) is 1. The highest BCUT2D eigenvalue weighted by Crippen LogP contribution is 2.21. The van der Waals surface area contributed by atoms with Crippen LogP contribution in [-0.4, -0.2) is 14.6 Å². The van der Waals surface area contributed by atoms with E-state index in [2.05, 4.69) is 0 Å². The van der Waals surface area contributed by atoms with Gasteiger partial charge in [0.25, 0.3) is 0 Å². The Hall–Kier alpha value is -2.34. The number of rotatable bonds is 3. The van der Waals surface area contributed by atoms with Crippen LogP contribution < -0.4 is 5.56 Å². The second-order valence-corrected chi connectivity index (χ2v) is 4.24. The largest absolute Gasteiger partial charge is 0.502 e. The molecule has 1 aromatic heterocycles. The number of aromatic hydroxyl groups is 1. The van der Waals surface area contributed by atoms with Gasteiger partial charge in [-0.15, -0.1) is 0 Å². The molecule has 0 amide bonds. The van der Waals surface area contributed by atoms with Gasteiger partial charge in [0.2, 0.25) is 5.75 Å². The topological polar surface area (TPSA) is 85.4 Å². The maximum atomic E-state index is 11.9. The zero-order chi connectivity index (χ0) is 14.0. The highest BCUT2D eigenvalue weighted by Gasteiger charge is 2.20. The van der Waals surface area contributed by atoms with Crippen LogP contribution in [0.25, 0.3) is 0 Å². The van der Waals surface area contributed by atoms with Crippen molar-refractivity contribution in [1.29, 1.82) is 0 Å². The first-order valence-corrected chi connectivity index (χ1v) is 5.68.